The molecule has 2 aromatic rings. The highest BCUT2D eigenvalue weighted by atomic mass is 35.5. The number of carbonyl (C=O) groups is 2. The number of rotatable bonds is 7. The van der Waals surface area contributed by atoms with Crippen molar-refractivity contribution in [2.24, 2.45) is 0 Å². The molecule has 0 spiro atoms. The Bertz CT molecular complexity index is 752. The van der Waals surface area contributed by atoms with Crippen LogP contribution in [-0.2, 0) is 16.0 Å². The van der Waals surface area contributed by atoms with E-state index in [9.17, 15) is 9.59 Å². The molecule has 2 aromatic carbocycles. The van der Waals surface area contributed by atoms with Gasteiger partial charge in [0.15, 0.2) is 0 Å². The molecule has 25 heavy (non-hydrogen) atoms. The molecule has 0 atom stereocenters. The van der Waals surface area contributed by atoms with Gasteiger partial charge in [0.25, 0.3) is 0 Å². The number of benzene rings is 2. The smallest absolute Gasteiger partial charge is 0.243 e. The first-order chi connectivity index (χ1) is 12.0. The van der Waals surface area contributed by atoms with Crippen LogP contribution >= 0.6 is 23.4 Å². The van der Waals surface area contributed by atoms with Gasteiger partial charge < -0.3 is 10.2 Å². The molecule has 2 rings (SSSR count). The van der Waals surface area contributed by atoms with E-state index >= 15 is 0 Å². The second-order valence-corrected chi connectivity index (χ2v) is 6.95. The molecule has 0 saturated carbocycles. The van der Waals surface area contributed by atoms with Crippen LogP contribution in [-0.4, -0.2) is 36.1 Å². The SMILES string of the molecule is CCc1ccccc1NC(=O)CN(C)C(=O)CSc1ccccc1Cl. The van der Waals surface area contributed by atoms with Crippen molar-refractivity contribution in [3.05, 3.63) is 59.1 Å². The van der Waals surface area contributed by atoms with Crippen molar-refractivity contribution in [2.45, 2.75) is 18.2 Å². The van der Waals surface area contributed by atoms with Gasteiger partial charge in [-0.1, -0.05) is 48.9 Å². The molecule has 1 N–H and O–H groups in total. The number of thioether (sulfide) groups is 1. The number of hydrogen-bond acceptors (Lipinski definition) is 3. The van der Waals surface area contributed by atoms with Gasteiger partial charge in [-0.05, 0) is 30.2 Å². The number of nitrogens with zero attached hydrogens (tertiary/aromatic N) is 1. The summed E-state index contributed by atoms with van der Waals surface area (Å²) in [6.07, 6.45) is 0.833. The van der Waals surface area contributed by atoms with Gasteiger partial charge in [-0.3, -0.25) is 9.59 Å². The molecule has 0 heterocycles. The zero-order valence-electron chi connectivity index (χ0n) is 14.3. The lowest BCUT2D eigenvalue weighted by Gasteiger charge is -2.17. The second kappa shape index (κ2) is 9.49. The number of para-hydroxylation sites is 1. The summed E-state index contributed by atoms with van der Waals surface area (Å²) in [6.45, 7) is 2.05. The van der Waals surface area contributed by atoms with E-state index < -0.39 is 0 Å². The van der Waals surface area contributed by atoms with Gasteiger partial charge in [0.05, 0.1) is 17.3 Å². The zero-order valence-corrected chi connectivity index (χ0v) is 15.9. The molecule has 0 bridgehead atoms. The summed E-state index contributed by atoms with van der Waals surface area (Å²) in [6, 6.07) is 15.0. The topological polar surface area (TPSA) is 49.4 Å². The van der Waals surface area contributed by atoms with E-state index in [4.69, 9.17) is 11.6 Å². The summed E-state index contributed by atoms with van der Waals surface area (Å²) >= 11 is 7.45. The number of nitrogens with one attached hydrogen (secondary N) is 1. The van der Waals surface area contributed by atoms with Crippen molar-refractivity contribution in [3.8, 4) is 0 Å². The normalized spacial score (nSPS) is 10.4. The summed E-state index contributed by atoms with van der Waals surface area (Å²) in [7, 11) is 1.63. The van der Waals surface area contributed by atoms with E-state index in [1.165, 1.54) is 16.7 Å². The van der Waals surface area contributed by atoms with Gasteiger partial charge in [-0.15, -0.1) is 11.8 Å². The van der Waals surface area contributed by atoms with Gasteiger partial charge in [0.1, 0.15) is 0 Å². The van der Waals surface area contributed by atoms with Crippen LogP contribution in [0.5, 0.6) is 0 Å². The van der Waals surface area contributed by atoms with Crippen molar-refractivity contribution in [3.63, 3.8) is 0 Å². The average Bonchev–Trinajstić information content (AvgIpc) is 2.61. The monoisotopic (exact) mass is 376 g/mol. The summed E-state index contributed by atoms with van der Waals surface area (Å²) in [5.41, 5.74) is 1.86. The van der Waals surface area contributed by atoms with Gasteiger partial charge in [0.2, 0.25) is 11.8 Å². The number of aryl methyl sites for hydroxylation is 1. The molecule has 4 nitrogen and oxygen atoms in total. The van der Waals surface area contributed by atoms with Gasteiger partial charge in [0, 0.05) is 17.6 Å². The third-order valence-electron chi connectivity index (χ3n) is 3.67. The average molecular weight is 377 g/mol. The van der Waals surface area contributed by atoms with Crippen LogP contribution < -0.4 is 5.32 Å². The molecule has 6 heteroatoms. The fourth-order valence-electron chi connectivity index (χ4n) is 2.26. The first kappa shape index (κ1) is 19.3. The van der Waals surface area contributed by atoms with Crippen molar-refractivity contribution in [1.29, 1.82) is 0 Å². The Morgan fingerprint density at radius 3 is 2.52 bits per heavy atom. The van der Waals surface area contributed by atoms with Crippen LogP contribution in [0.4, 0.5) is 5.69 Å². The van der Waals surface area contributed by atoms with Crippen LogP contribution in [0.1, 0.15) is 12.5 Å². The highest BCUT2D eigenvalue weighted by molar-refractivity contribution is 8.00. The summed E-state index contributed by atoms with van der Waals surface area (Å²) in [4.78, 5) is 26.7. The molecule has 0 aliphatic rings. The first-order valence-corrected chi connectivity index (χ1v) is 9.36. The highest BCUT2D eigenvalue weighted by Crippen LogP contribution is 2.26. The van der Waals surface area contributed by atoms with E-state index in [0.717, 1.165) is 22.6 Å². The second-order valence-electron chi connectivity index (χ2n) is 5.53. The maximum Gasteiger partial charge on any atom is 0.243 e. The summed E-state index contributed by atoms with van der Waals surface area (Å²) in [5, 5.41) is 3.49. The number of hydrogen-bond donors (Lipinski definition) is 1. The van der Waals surface area contributed by atoms with Crippen LogP contribution in [0, 0.1) is 0 Å². The molecular formula is C19H21ClN2O2S. The third-order valence-corrected chi connectivity index (χ3v) is 5.17. The zero-order chi connectivity index (χ0) is 18.2. The Morgan fingerprint density at radius 2 is 1.80 bits per heavy atom. The molecule has 0 aliphatic carbocycles. The molecule has 2 amide bonds. The van der Waals surface area contributed by atoms with Gasteiger partial charge in [-0.2, -0.15) is 0 Å². The first-order valence-electron chi connectivity index (χ1n) is 8.00. The van der Waals surface area contributed by atoms with Crippen molar-refractivity contribution in [1.82, 2.24) is 4.90 Å². The summed E-state index contributed by atoms with van der Waals surface area (Å²) in [5.74, 6) is -0.0951. The van der Waals surface area contributed by atoms with Crippen LogP contribution in [0.3, 0.4) is 0 Å². The number of halogens is 1. The van der Waals surface area contributed by atoms with Crippen molar-refractivity contribution < 1.29 is 9.59 Å². The van der Waals surface area contributed by atoms with Gasteiger partial charge >= 0.3 is 0 Å². The lowest BCUT2D eigenvalue weighted by atomic mass is 10.1. The minimum Gasteiger partial charge on any atom is -0.336 e. The van der Waals surface area contributed by atoms with E-state index in [1.807, 2.05) is 49.4 Å². The Kier molecular flexibility index (Phi) is 7.34. The van der Waals surface area contributed by atoms with Crippen LogP contribution in [0.25, 0.3) is 0 Å². The predicted octanol–water partition coefficient (Wildman–Crippen LogP) is 4.09. The largest absolute Gasteiger partial charge is 0.336 e. The lowest BCUT2D eigenvalue weighted by Crippen LogP contribution is -2.36. The Balaban J connectivity index is 1.86. The third kappa shape index (κ3) is 5.80. The molecule has 0 unspecified atom stereocenters. The van der Waals surface area contributed by atoms with E-state index in [2.05, 4.69) is 5.32 Å². The molecular weight excluding hydrogens is 356 g/mol. The molecule has 132 valence electrons. The Labute approximate surface area is 157 Å². The van der Waals surface area contributed by atoms with E-state index in [0.29, 0.717) is 5.02 Å². The molecule has 0 aliphatic heterocycles. The summed E-state index contributed by atoms with van der Waals surface area (Å²) < 4.78 is 0. The number of likely N-dealkylation sites (N-methyl/N-ethyl adjacent to an activating group) is 1. The van der Waals surface area contributed by atoms with E-state index in [-0.39, 0.29) is 24.1 Å². The Hall–Kier alpha value is -1.98. The molecule has 0 fully saturated rings. The fraction of sp³-hybridized carbons (Fsp3) is 0.263. The molecule has 0 saturated heterocycles. The van der Waals surface area contributed by atoms with Crippen LogP contribution in [0.2, 0.25) is 5.02 Å². The van der Waals surface area contributed by atoms with Crippen molar-refractivity contribution >= 4 is 40.9 Å². The maximum atomic E-state index is 12.2. The molecule has 0 aromatic heterocycles. The number of amides is 2. The molecule has 0 radical (unpaired) electrons. The maximum absolute atomic E-state index is 12.2. The predicted molar refractivity (Wildman–Crippen MR) is 104 cm³/mol. The minimum atomic E-state index is -0.209. The van der Waals surface area contributed by atoms with E-state index in [1.54, 1.807) is 13.1 Å². The minimum absolute atomic E-state index is 0.0139. The lowest BCUT2D eigenvalue weighted by molar-refractivity contribution is -0.131. The number of carbonyl (C=O) groups excluding carboxylic acids is 2. The Morgan fingerprint density at radius 1 is 1.12 bits per heavy atom. The van der Waals surface area contributed by atoms with Crippen LogP contribution in [0.15, 0.2) is 53.4 Å². The van der Waals surface area contributed by atoms with Gasteiger partial charge in [-0.25, -0.2) is 0 Å². The number of anilines is 1. The van der Waals surface area contributed by atoms with Crippen molar-refractivity contribution in [2.75, 3.05) is 24.7 Å². The standard InChI is InChI=1S/C19H21ClN2O2S/c1-3-14-8-4-6-10-16(14)21-18(23)12-22(2)19(24)13-25-17-11-7-5-9-15(17)20/h4-11H,3,12-13H2,1-2H3,(H,21,23). The quantitative estimate of drug-likeness (QED) is 0.740. The highest BCUT2D eigenvalue weighted by Gasteiger charge is 2.14. The fourth-order valence-corrected chi connectivity index (χ4v) is 3.43.